The van der Waals surface area contributed by atoms with Crippen molar-refractivity contribution in [3.05, 3.63) is 23.3 Å². The summed E-state index contributed by atoms with van der Waals surface area (Å²) in [5.74, 6) is 0. The van der Waals surface area contributed by atoms with Crippen molar-refractivity contribution in [3.8, 4) is 0 Å². The van der Waals surface area contributed by atoms with Gasteiger partial charge in [0, 0.05) is 0 Å². The van der Waals surface area contributed by atoms with Crippen molar-refractivity contribution in [3.63, 3.8) is 0 Å². The smallest absolute Gasteiger partial charge is 0.00584 e. The van der Waals surface area contributed by atoms with E-state index in [2.05, 4.69) is 26.0 Å². The summed E-state index contributed by atoms with van der Waals surface area (Å²) in [5, 5.41) is 0. The maximum atomic E-state index is 3.24. The monoisotopic (exact) mass is 107 g/mol. The van der Waals surface area contributed by atoms with Crippen LogP contribution in [0.5, 0.6) is 0 Å². The average Bonchev–Trinajstić information content (AvgIpc) is 2.14. The zero-order valence-electron chi connectivity index (χ0n) is 5.49. The Morgan fingerprint density at radius 1 is 1.75 bits per heavy atom. The zero-order valence-corrected chi connectivity index (χ0v) is 5.49. The first-order chi connectivity index (χ1) is 3.83. The minimum absolute atomic E-state index is 1.07. The zero-order chi connectivity index (χ0) is 5.98. The molecule has 8 heavy (non-hydrogen) atoms. The van der Waals surface area contributed by atoms with Crippen molar-refractivity contribution >= 4 is 0 Å². The first-order valence-electron chi connectivity index (χ1n) is 3.10. The number of hydrogen-bond donors (Lipinski definition) is 0. The summed E-state index contributed by atoms with van der Waals surface area (Å²) in [7, 11) is 0. The van der Waals surface area contributed by atoms with Crippen LogP contribution in [-0.2, 0) is 0 Å². The molecule has 0 atom stereocenters. The first kappa shape index (κ1) is 5.61. The van der Waals surface area contributed by atoms with E-state index in [0.29, 0.717) is 0 Å². The molecule has 1 aliphatic carbocycles. The third-order valence-electron chi connectivity index (χ3n) is 1.47. The summed E-state index contributed by atoms with van der Waals surface area (Å²) in [6, 6.07) is 0. The quantitative estimate of drug-likeness (QED) is 0.483. The molecule has 0 fully saturated rings. The lowest BCUT2D eigenvalue weighted by atomic mass is 10.2. The van der Waals surface area contributed by atoms with E-state index >= 15 is 0 Å². The Balaban J connectivity index is 2.56. The number of allylic oxidation sites excluding steroid dienone is 4. The van der Waals surface area contributed by atoms with Crippen LogP contribution in [0.25, 0.3) is 0 Å². The van der Waals surface area contributed by atoms with Crippen molar-refractivity contribution in [2.75, 3.05) is 0 Å². The van der Waals surface area contributed by atoms with Gasteiger partial charge in [0.1, 0.15) is 0 Å². The Bertz CT molecular complexity index is 138. The molecule has 0 spiro atoms. The van der Waals surface area contributed by atoms with E-state index in [4.69, 9.17) is 0 Å². The van der Waals surface area contributed by atoms with E-state index in [-0.39, 0.29) is 0 Å². The lowest BCUT2D eigenvalue weighted by Crippen LogP contribution is -1.69. The van der Waals surface area contributed by atoms with Gasteiger partial charge in [0.2, 0.25) is 0 Å². The Hall–Kier alpha value is -0.520. The van der Waals surface area contributed by atoms with Crippen LogP contribution in [0, 0.1) is 6.08 Å². The molecule has 0 nitrogen and oxygen atoms in total. The van der Waals surface area contributed by atoms with Crippen LogP contribution in [0.3, 0.4) is 0 Å². The SMILES string of the molecule is CCC1=CC(C)=[C]C1. The Morgan fingerprint density at radius 3 is 2.75 bits per heavy atom. The fraction of sp³-hybridized carbons (Fsp3) is 0.500. The van der Waals surface area contributed by atoms with Crippen LogP contribution in [-0.4, -0.2) is 0 Å². The molecule has 0 heterocycles. The maximum absolute atomic E-state index is 3.24. The number of rotatable bonds is 1. The molecule has 0 heteroatoms. The normalized spacial score (nSPS) is 18.2. The summed E-state index contributed by atoms with van der Waals surface area (Å²) in [6.45, 7) is 4.29. The Kier molecular flexibility index (Phi) is 1.52. The lowest BCUT2D eigenvalue weighted by Gasteiger charge is -1.88. The third kappa shape index (κ3) is 1.00. The van der Waals surface area contributed by atoms with Crippen LogP contribution in [0.2, 0.25) is 0 Å². The van der Waals surface area contributed by atoms with Crippen LogP contribution >= 0.6 is 0 Å². The van der Waals surface area contributed by atoms with Crippen molar-refractivity contribution in [1.82, 2.24) is 0 Å². The molecule has 0 saturated heterocycles. The molecule has 0 amide bonds. The van der Waals surface area contributed by atoms with Crippen LogP contribution < -0.4 is 0 Å². The highest BCUT2D eigenvalue weighted by molar-refractivity contribution is 5.27. The van der Waals surface area contributed by atoms with Gasteiger partial charge in [0.15, 0.2) is 0 Å². The standard InChI is InChI=1S/C8H11/c1-3-8-5-4-7(2)6-8/h6H,3,5H2,1-2H3. The molecule has 1 radical (unpaired) electrons. The van der Waals surface area contributed by atoms with Crippen LogP contribution in [0.15, 0.2) is 17.2 Å². The topological polar surface area (TPSA) is 0 Å². The van der Waals surface area contributed by atoms with Gasteiger partial charge in [-0.3, -0.25) is 0 Å². The summed E-state index contributed by atoms with van der Waals surface area (Å²) >= 11 is 0. The summed E-state index contributed by atoms with van der Waals surface area (Å²) < 4.78 is 0. The van der Waals surface area contributed by atoms with Crippen molar-refractivity contribution in [1.29, 1.82) is 0 Å². The van der Waals surface area contributed by atoms with Gasteiger partial charge in [-0.25, -0.2) is 0 Å². The summed E-state index contributed by atoms with van der Waals surface area (Å²) in [4.78, 5) is 0. The fourth-order valence-corrected chi connectivity index (χ4v) is 0.888. The fourth-order valence-electron chi connectivity index (χ4n) is 0.888. The minimum Gasteiger partial charge on any atom is -0.0658 e. The predicted octanol–water partition coefficient (Wildman–Crippen LogP) is 2.48. The van der Waals surface area contributed by atoms with E-state index in [1.807, 2.05) is 0 Å². The second-order valence-corrected chi connectivity index (χ2v) is 2.19. The Morgan fingerprint density at radius 2 is 2.50 bits per heavy atom. The van der Waals surface area contributed by atoms with E-state index < -0.39 is 0 Å². The second-order valence-electron chi connectivity index (χ2n) is 2.19. The van der Waals surface area contributed by atoms with Crippen LogP contribution in [0.4, 0.5) is 0 Å². The second kappa shape index (κ2) is 2.17. The van der Waals surface area contributed by atoms with Gasteiger partial charge >= 0.3 is 0 Å². The molecule has 1 aliphatic rings. The van der Waals surface area contributed by atoms with Gasteiger partial charge in [-0.15, -0.1) is 0 Å². The molecule has 0 bridgehead atoms. The molecule has 0 N–H and O–H groups in total. The van der Waals surface area contributed by atoms with E-state index in [9.17, 15) is 0 Å². The Labute approximate surface area is 50.9 Å². The third-order valence-corrected chi connectivity index (χ3v) is 1.47. The first-order valence-corrected chi connectivity index (χ1v) is 3.10. The molecule has 0 aromatic rings. The van der Waals surface area contributed by atoms with Crippen LogP contribution in [0.1, 0.15) is 26.7 Å². The summed E-state index contributed by atoms with van der Waals surface area (Å²) in [5.41, 5.74) is 2.82. The average molecular weight is 107 g/mol. The van der Waals surface area contributed by atoms with Gasteiger partial charge in [-0.05, 0) is 31.4 Å². The minimum atomic E-state index is 1.07. The highest BCUT2D eigenvalue weighted by Crippen LogP contribution is 2.17. The van der Waals surface area contributed by atoms with Crippen molar-refractivity contribution in [2.24, 2.45) is 0 Å². The van der Waals surface area contributed by atoms with E-state index in [0.717, 1.165) is 6.42 Å². The number of hydrogen-bond acceptors (Lipinski definition) is 0. The highest BCUT2D eigenvalue weighted by atomic mass is 14.0. The summed E-state index contributed by atoms with van der Waals surface area (Å²) in [6.07, 6.45) is 7.72. The van der Waals surface area contributed by atoms with Gasteiger partial charge in [0.25, 0.3) is 0 Å². The molecule has 0 aromatic heterocycles. The molecular formula is C8H11. The highest BCUT2D eigenvalue weighted by Gasteiger charge is 1.98. The molecule has 43 valence electrons. The van der Waals surface area contributed by atoms with Crippen molar-refractivity contribution in [2.45, 2.75) is 26.7 Å². The maximum Gasteiger partial charge on any atom is -0.00584 e. The molecule has 0 aromatic carbocycles. The van der Waals surface area contributed by atoms with Gasteiger partial charge in [-0.2, -0.15) is 0 Å². The molecule has 0 aliphatic heterocycles. The van der Waals surface area contributed by atoms with Crippen molar-refractivity contribution < 1.29 is 0 Å². The molecular weight excluding hydrogens is 96.1 g/mol. The van der Waals surface area contributed by atoms with E-state index in [1.165, 1.54) is 17.6 Å². The van der Waals surface area contributed by atoms with Gasteiger partial charge < -0.3 is 0 Å². The largest absolute Gasteiger partial charge is 0.0658 e. The molecule has 0 unspecified atom stereocenters. The van der Waals surface area contributed by atoms with Gasteiger partial charge in [0.05, 0.1) is 0 Å². The van der Waals surface area contributed by atoms with Gasteiger partial charge in [-0.1, -0.05) is 18.6 Å². The molecule has 1 rings (SSSR count). The predicted molar refractivity (Wildman–Crippen MR) is 35.4 cm³/mol. The van der Waals surface area contributed by atoms with E-state index in [1.54, 1.807) is 0 Å². The molecule has 0 saturated carbocycles. The lowest BCUT2D eigenvalue weighted by molar-refractivity contribution is 1.04.